The molecule has 0 spiro atoms. The van der Waals surface area contributed by atoms with Crippen molar-refractivity contribution in [2.24, 2.45) is 0 Å². The van der Waals surface area contributed by atoms with Gasteiger partial charge in [0, 0.05) is 6.04 Å². The normalized spacial score (nSPS) is 12.8. The van der Waals surface area contributed by atoms with Crippen LogP contribution in [0.15, 0.2) is 18.2 Å². The van der Waals surface area contributed by atoms with Crippen molar-refractivity contribution in [1.29, 1.82) is 0 Å². The van der Waals surface area contributed by atoms with Crippen molar-refractivity contribution in [2.75, 3.05) is 7.05 Å². The minimum atomic E-state index is -0.0723. The van der Waals surface area contributed by atoms with Crippen LogP contribution in [0.4, 0.5) is 4.39 Å². The molecule has 0 aliphatic carbocycles. The summed E-state index contributed by atoms with van der Waals surface area (Å²) in [6.45, 7) is 4.18. The van der Waals surface area contributed by atoms with Crippen LogP contribution >= 0.6 is 0 Å². The van der Waals surface area contributed by atoms with Gasteiger partial charge in [-0.05, 0) is 44.9 Å². The lowest BCUT2D eigenvalue weighted by molar-refractivity contribution is 0.478. The molecule has 0 saturated heterocycles. The van der Waals surface area contributed by atoms with Gasteiger partial charge >= 0.3 is 0 Å². The highest BCUT2D eigenvalue weighted by Gasteiger charge is 2.07. The van der Waals surface area contributed by atoms with Crippen LogP contribution in [0, 0.1) is 12.7 Å². The Labute approximate surface area is 98.1 Å². The zero-order valence-corrected chi connectivity index (χ0v) is 10.5. The molecule has 2 heteroatoms. The van der Waals surface area contributed by atoms with E-state index in [1.807, 2.05) is 26.1 Å². The molecule has 1 aromatic rings. The van der Waals surface area contributed by atoms with Crippen LogP contribution < -0.4 is 5.32 Å². The second-order valence-electron chi connectivity index (χ2n) is 4.41. The van der Waals surface area contributed by atoms with E-state index in [1.54, 1.807) is 6.07 Å². The quantitative estimate of drug-likeness (QED) is 0.779. The first-order chi connectivity index (χ1) is 7.67. The molecule has 1 rings (SSSR count). The fourth-order valence-corrected chi connectivity index (χ4v) is 2.01. The van der Waals surface area contributed by atoms with Gasteiger partial charge in [0.05, 0.1) is 0 Å². The van der Waals surface area contributed by atoms with Gasteiger partial charge < -0.3 is 5.32 Å². The summed E-state index contributed by atoms with van der Waals surface area (Å²) in [6, 6.07) is 5.85. The second kappa shape index (κ2) is 6.64. The van der Waals surface area contributed by atoms with Gasteiger partial charge in [0.15, 0.2) is 0 Å². The van der Waals surface area contributed by atoms with Gasteiger partial charge in [0.2, 0.25) is 0 Å². The number of aryl methyl sites for hydroxylation is 2. The summed E-state index contributed by atoms with van der Waals surface area (Å²) in [7, 11) is 1.98. The molecule has 0 amide bonds. The molecule has 1 unspecified atom stereocenters. The lowest BCUT2D eigenvalue weighted by Gasteiger charge is -2.15. The molecule has 1 atom stereocenters. The van der Waals surface area contributed by atoms with Gasteiger partial charge in [0.25, 0.3) is 0 Å². The van der Waals surface area contributed by atoms with E-state index in [2.05, 4.69) is 12.2 Å². The van der Waals surface area contributed by atoms with Gasteiger partial charge in [0.1, 0.15) is 5.82 Å². The fourth-order valence-electron chi connectivity index (χ4n) is 2.01. The minimum Gasteiger partial charge on any atom is -0.317 e. The van der Waals surface area contributed by atoms with Crippen LogP contribution in [-0.4, -0.2) is 13.1 Å². The van der Waals surface area contributed by atoms with Crippen molar-refractivity contribution in [3.8, 4) is 0 Å². The van der Waals surface area contributed by atoms with Crippen molar-refractivity contribution in [1.82, 2.24) is 5.32 Å². The van der Waals surface area contributed by atoms with E-state index in [9.17, 15) is 4.39 Å². The summed E-state index contributed by atoms with van der Waals surface area (Å²) in [5.74, 6) is -0.0723. The van der Waals surface area contributed by atoms with E-state index in [4.69, 9.17) is 0 Å². The molecule has 0 aliphatic heterocycles. The average Bonchev–Trinajstić information content (AvgIpc) is 2.28. The van der Waals surface area contributed by atoms with Crippen LogP contribution in [0.1, 0.15) is 37.3 Å². The molecule has 0 heterocycles. The predicted molar refractivity (Wildman–Crippen MR) is 67.2 cm³/mol. The number of benzene rings is 1. The summed E-state index contributed by atoms with van der Waals surface area (Å²) in [6.07, 6.45) is 4.15. The average molecular weight is 223 g/mol. The molecule has 1 aromatic carbocycles. The smallest absolute Gasteiger partial charge is 0.126 e. The first kappa shape index (κ1) is 13.2. The SMILES string of the molecule is CCCC(CCc1cc(C)ccc1F)NC. The largest absolute Gasteiger partial charge is 0.317 e. The van der Waals surface area contributed by atoms with Crippen LogP contribution in [0.2, 0.25) is 0 Å². The van der Waals surface area contributed by atoms with Crippen LogP contribution in [0.25, 0.3) is 0 Å². The third-order valence-corrected chi connectivity index (χ3v) is 3.01. The molecule has 0 saturated carbocycles. The van der Waals surface area contributed by atoms with Gasteiger partial charge in [-0.1, -0.05) is 31.0 Å². The van der Waals surface area contributed by atoms with Crippen LogP contribution in [0.3, 0.4) is 0 Å². The highest BCUT2D eigenvalue weighted by molar-refractivity contribution is 5.24. The Bertz CT molecular complexity index is 323. The van der Waals surface area contributed by atoms with E-state index in [1.165, 1.54) is 6.42 Å². The summed E-state index contributed by atoms with van der Waals surface area (Å²) in [5.41, 5.74) is 1.98. The van der Waals surface area contributed by atoms with Gasteiger partial charge in [-0.3, -0.25) is 0 Å². The molecular weight excluding hydrogens is 201 g/mol. The van der Waals surface area contributed by atoms with Crippen molar-refractivity contribution in [3.05, 3.63) is 35.1 Å². The number of hydrogen-bond acceptors (Lipinski definition) is 1. The monoisotopic (exact) mass is 223 g/mol. The molecule has 0 aliphatic rings. The highest BCUT2D eigenvalue weighted by Crippen LogP contribution is 2.14. The van der Waals surface area contributed by atoms with Crippen molar-refractivity contribution >= 4 is 0 Å². The Morgan fingerprint density at radius 1 is 1.31 bits per heavy atom. The predicted octanol–water partition coefficient (Wildman–Crippen LogP) is 3.45. The number of hydrogen-bond donors (Lipinski definition) is 1. The fraction of sp³-hybridized carbons (Fsp3) is 0.571. The van der Waals surface area contributed by atoms with E-state index in [-0.39, 0.29) is 5.82 Å². The first-order valence-corrected chi connectivity index (χ1v) is 6.09. The summed E-state index contributed by atoms with van der Waals surface area (Å²) in [5, 5.41) is 3.28. The van der Waals surface area contributed by atoms with Crippen molar-refractivity contribution < 1.29 is 4.39 Å². The zero-order chi connectivity index (χ0) is 12.0. The number of rotatable bonds is 6. The first-order valence-electron chi connectivity index (χ1n) is 6.09. The molecule has 0 radical (unpaired) electrons. The summed E-state index contributed by atoms with van der Waals surface area (Å²) >= 11 is 0. The van der Waals surface area contributed by atoms with Gasteiger partial charge in [-0.25, -0.2) is 4.39 Å². The molecule has 0 aromatic heterocycles. The second-order valence-corrected chi connectivity index (χ2v) is 4.41. The topological polar surface area (TPSA) is 12.0 Å². The Morgan fingerprint density at radius 3 is 2.69 bits per heavy atom. The van der Waals surface area contributed by atoms with Gasteiger partial charge in [-0.2, -0.15) is 0 Å². The standard InChI is InChI=1S/C14H22FN/c1-4-5-13(16-3)8-7-12-10-11(2)6-9-14(12)15/h6,9-10,13,16H,4-5,7-8H2,1-3H3. The van der Waals surface area contributed by atoms with Crippen LogP contribution in [0.5, 0.6) is 0 Å². The minimum absolute atomic E-state index is 0.0723. The lowest BCUT2D eigenvalue weighted by atomic mass is 10.0. The van der Waals surface area contributed by atoms with Gasteiger partial charge in [-0.15, -0.1) is 0 Å². The van der Waals surface area contributed by atoms with Crippen molar-refractivity contribution in [2.45, 2.75) is 45.6 Å². The maximum atomic E-state index is 13.5. The Kier molecular flexibility index (Phi) is 5.47. The van der Waals surface area contributed by atoms with E-state index >= 15 is 0 Å². The summed E-state index contributed by atoms with van der Waals surface area (Å²) in [4.78, 5) is 0. The zero-order valence-electron chi connectivity index (χ0n) is 10.5. The van der Waals surface area contributed by atoms with Crippen molar-refractivity contribution in [3.63, 3.8) is 0 Å². The maximum Gasteiger partial charge on any atom is 0.126 e. The Morgan fingerprint density at radius 2 is 2.06 bits per heavy atom. The Balaban J connectivity index is 2.55. The third kappa shape index (κ3) is 3.93. The molecule has 90 valence electrons. The molecule has 1 nitrogen and oxygen atoms in total. The number of halogens is 1. The third-order valence-electron chi connectivity index (χ3n) is 3.01. The lowest BCUT2D eigenvalue weighted by Crippen LogP contribution is -2.25. The molecule has 16 heavy (non-hydrogen) atoms. The summed E-state index contributed by atoms with van der Waals surface area (Å²) < 4.78 is 13.5. The molecule has 0 bridgehead atoms. The molecular formula is C14H22FN. The highest BCUT2D eigenvalue weighted by atomic mass is 19.1. The van der Waals surface area contributed by atoms with E-state index < -0.39 is 0 Å². The van der Waals surface area contributed by atoms with E-state index in [0.29, 0.717) is 6.04 Å². The molecule has 1 N–H and O–H groups in total. The Hall–Kier alpha value is -0.890. The van der Waals surface area contributed by atoms with E-state index in [0.717, 1.165) is 30.4 Å². The maximum absolute atomic E-state index is 13.5. The molecule has 0 fully saturated rings. The van der Waals surface area contributed by atoms with Crippen LogP contribution in [-0.2, 0) is 6.42 Å². The number of nitrogens with one attached hydrogen (secondary N) is 1.